The van der Waals surface area contributed by atoms with Crippen LogP contribution in [0.4, 0.5) is 5.69 Å². The molecule has 1 N–H and O–H groups in total. The number of benzene rings is 1. The average molecular weight is 321 g/mol. The summed E-state index contributed by atoms with van der Waals surface area (Å²) in [4.78, 5) is 25.0. The number of amides is 1. The third kappa shape index (κ3) is 4.09. The van der Waals surface area contributed by atoms with Crippen molar-refractivity contribution in [1.29, 1.82) is 0 Å². The highest BCUT2D eigenvalue weighted by Crippen LogP contribution is 2.25. The van der Waals surface area contributed by atoms with Gasteiger partial charge in [-0.3, -0.25) is 4.79 Å². The number of anilines is 1. The van der Waals surface area contributed by atoms with Crippen molar-refractivity contribution < 1.29 is 14.3 Å². The summed E-state index contributed by atoms with van der Waals surface area (Å²) in [6.07, 6.45) is 0. The highest BCUT2D eigenvalue weighted by molar-refractivity contribution is 8.00. The van der Waals surface area contributed by atoms with Gasteiger partial charge in [0.05, 0.1) is 18.6 Å². The minimum absolute atomic E-state index is 0.146. The summed E-state index contributed by atoms with van der Waals surface area (Å²) in [6.45, 7) is 2.01. The molecule has 0 saturated heterocycles. The number of thioether (sulfide) groups is 1. The Labute approximate surface area is 131 Å². The molecule has 0 spiro atoms. The van der Waals surface area contributed by atoms with E-state index in [1.54, 1.807) is 11.4 Å². The fourth-order valence-corrected chi connectivity index (χ4v) is 3.30. The molecule has 2 rings (SSSR count). The zero-order valence-electron chi connectivity index (χ0n) is 11.7. The number of carbonyl (C=O) groups excluding carboxylic acids is 2. The second-order valence-corrected chi connectivity index (χ2v) is 6.19. The van der Waals surface area contributed by atoms with Gasteiger partial charge in [0.15, 0.2) is 0 Å². The van der Waals surface area contributed by atoms with Crippen LogP contribution in [-0.2, 0) is 9.53 Å². The first-order chi connectivity index (χ1) is 10.1. The van der Waals surface area contributed by atoms with Gasteiger partial charge in [-0.2, -0.15) is 0 Å². The number of hydrogen-bond acceptors (Lipinski definition) is 5. The topological polar surface area (TPSA) is 55.4 Å². The van der Waals surface area contributed by atoms with Gasteiger partial charge in [0, 0.05) is 4.90 Å². The Balaban J connectivity index is 1.95. The summed E-state index contributed by atoms with van der Waals surface area (Å²) in [6, 6.07) is 9.61. The molecular formula is C15H15NO3S2. The van der Waals surface area contributed by atoms with Crippen molar-refractivity contribution in [2.75, 3.05) is 18.2 Å². The molecule has 1 amide bonds. The molecule has 21 heavy (non-hydrogen) atoms. The van der Waals surface area contributed by atoms with Crippen molar-refractivity contribution in [3.8, 4) is 0 Å². The van der Waals surface area contributed by atoms with E-state index in [0.29, 0.717) is 16.3 Å². The molecule has 1 heterocycles. The van der Waals surface area contributed by atoms with Gasteiger partial charge in [-0.05, 0) is 30.0 Å². The monoisotopic (exact) mass is 321 g/mol. The number of nitrogens with one attached hydrogen (secondary N) is 1. The molecule has 0 fully saturated rings. The molecule has 2 aromatic rings. The van der Waals surface area contributed by atoms with Crippen LogP contribution in [-0.4, -0.2) is 24.7 Å². The third-order valence-corrected chi connectivity index (χ3v) is 4.83. The van der Waals surface area contributed by atoms with Crippen molar-refractivity contribution in [3.63, 3.8) is 0 Å². The number of aryl methyl sites for hydroxylation is 1. The van der Waals surface area contributed by atoms with Crippen molar-refractivity contribution in [3.05, 3.63) is 46.2 Å². The van der Waals surface area contributed by atoms with Crippen LogP contribution < -0.4 is 5.32 Å². The SMILES string of the molecule is COC(=O)c1sccc1NC(=O)CSc1ccccc1C. The number of thiophene rings is 1. The fourth-order valence-electron chi connectivity index (χ4n) is 1.71. The van der Waals surface area contributed by atoms with E-state index in [1.807, 2.05) is 31.2 Å². The van der Waals surface area contributed by atoms with Crippen LogP contribution >= 0.6 is 23.1 Å². The van der Waals surface area contributed by atoms with E-state index < -0.39 is 5.97 Å². The Kier molecular flexibility index (Phi) is 5.41. The van der Waals surface area contributed by atoms with E-state index >= 15 is 0 Å². The molecule has 1 aromatic heterocycles. The van der Waals surface area contributed by atoms with Crippen molar-refractivity contribution >= 4 is 40.7 Å². The molecular weight excluding hydrogens is 306 g/mol. The predicted molar refractivity (Wildman–Crippen MR) is 86.2 cm³/mol. The first-order valence-electron chi connectivity index (χ1n) is 6.26. The maximum Gasteiger partial charge on any atom is 0.350 e. The van der Waals surface area contributed by atoms with Gasteiger partial charge in [0.1, 0.15) is 4.88 Å². The van der Waals surface area contributed by atoms with Crippen molar-refractivity contribution in [2.24, 2.45) is 0 Å². The second kappa shape index (κ2) is 7.28. The van der Waals surface area contributed by atoms with Crippen LogP contribution in [0.2, 0.25) is 0 Å². The number of carbonyl (C=O) groups is 2. The lowest BCUT2D eigenvalue weighted by atomic mass is 10.2. The van der Waals surface area contributed by atoms with E-state index in [9.17, 15) is 9.59 Å². The Morgan fingerprint density at radius 3 is 2.76 bits per heavy atom. The van der Waals surface area contributed by atoms with E-state index in [0.717, 1.165) is 10.5 Å². The molecule has 0 aliphatic carbocycles. The van der Waals surface area contributed by atoms with Crippen molar-refractivity contribution in [1.82, 2.24) is 0 Å². The molecule has 0 unspecified atom stereocenters. The molecule has 0 bridgehead atoms. The highest BCUT2D eigenvalue weighted by Gasteiger charge is 2.15. The van der Waals surface area contributed by atoms with Gasteiger partial charge >= 0.3 is 5.97 Å². The minimum Gasteiger partial charge on any atom is -0.465 e. The minimum atomic E-state index is -0.438. The van der Waals surface area contributed by atoms with Gasteiger partial charge in [-0.25, -0.2) is 4.79 Å². The summed E-state index contributed by atoms with van der Waals surface area (Å²) >= 11 is 2.72. The maximum absolute atomic E-state index is 12.0. The quantitative estimate of drug-likeness (QED) is 0.675. The van der Waals surface area contributed by atoms with Gasteiger partial charge in [0.2, 0.25) is 5.91 Å². The predicted octanol–water partition coefficient (Wildman–Crippen LogP) is 3.57. The lowest BCUT2D eigenvalue weighted by Gasteiger charge is -2.07. The molecule has 0 aliphatic heterocycles. The number of hydrogen-bond donors (Lipinski definition) is 1. The number of ether oxygens (including phenoxy) is 1. The van der Waals surface area contributed by atoms with Crippen LogP contribution in [0.15, 0.2) is 40.6 Å². The van der Waals surface area contributed by atoms with Crippen molar-refractivity contribution in [2.45, 2.75) is 11.8 Å². The number of rotatable bonds is 5. The normalized spacial score (nSPS) is 10.2. The van der Waals surface area contributed by atoms with Crippen LogP contribution in [0.1, 0.15) is 15.2 Å². The lowest BCUT2D eigenvalue weighted by molar-refractivity contribution is -0.113. The largest absolute Gasteiger partial charge is 0.465 e. The van der Waals surface area contributed by atoms with E-state index in [1.165, 1.54) is 30.2 Å². The van der Waals surface area contributed by atoms with Gasteiger partial charge in [-0.1, -0.05) is 18.2 Å². The van der Waals surface area contributed by atoms with Crippen LogP contribution in [0.5, 0.6) is 0 Å². The molecule has 0 aliphatic rings. The van der Waals surface area contributed by atoms with Gasteiger partial charge in [-0.15, -0.1) is 23.1 Å². The van der Waals surface area contributed by atoms with E-state index in [2.05, 4.69) is 10.1 Å². The molecule has 0 saturated carbocycles. The van der Waals surface area contributed by atoms with Crippen LogP contribution in [0.3, 0.4) is 0 Å². The summed E-state index contributed by atoms with van der Waals surface area (Å²) < 4.78 is 4.68. The molecule has 6 heteroatoms. The van der Waals surface area contributed by atoms with Gasteiger partial charge in [0.25, 0.3) is 0 Å². The summed E-state index contributed by atoms with van der Waals surface area (Å²) in [5, 5.41) is 4.49. The summed E-state index contributed by atoms with van der Waals surface area (Å²) in [5.74, 6) is -0.292. The Hall–Kier alpha value is -1.79. The Morgan fingerprint density at radius 1 is 1.29 bits per heavy atom. The number of esters is 1. The van der Waals surface area contributed by atoms with Gasteiger partial charge < -0.3 is 10.1 Å². The molecule has 1 aromatic carbocycles. The third-order valence-electron chi connectivity index (χ3n) is 2.76. The zero-order chi connectivity index (χ0) is 15.2. The molecule has 4 nitrogen and oxygen atoms in total. The maximum atomic E-state index is 12.0. The van der Waals surface area contributed by atoms with Crippen LogP contribution in [0, 0.1) is 6.92 Å². The Bertz CT molecular complexity index is 652. The molecule has 0 atom stereocenters. The highest BCUT2D eigenvalue weighted by atomic mass is 32.2. The molecule has 110 valence electrons. The summed E-state index contributed by atoms with van der Waals surface area (Å²) in [5.41, 5.74) is 1.64. The van der Waals surface area contributed by atoms with Crippen LogP contribution in [0.25, 0.3) is 0 Å². The number of methoxy groups -OCH3 is 1. The summed E-state index contributed by atoms with van der Waals surface area (Å²) in [7, 11) is 1.32. The smallest absolute Gasteiger partial charge is 0.350 e. The second-order valence-electron chi connectivity index (χ2n) is 4.26. The standard InChI is InChI=1S/C15H15NO3S2/c1-10-5-3-4-6-12(10)21-9-13(17)16-11-7-8-20-14(11)15(18)19-2/h3-8H,9H2,1-2H3,(H,16,17). The van der Waals surface area contributed by atoms with E-state index in [4.69, 9.17) is 0 Å². The zero-order valence-corrected chi connectivity index (χ0v) is 13.3. The van der Waals surface area contributed by atoms with E-state index in [-0.39, 0.29) is 5.91 Å². The first-order valence-corrected chi connectivity index (χ1v) is 8.12. The lowest BCUT2D eigenvalue weighted by Crippen LogP contribution is -2.15. The molecule has 0 radical (unpaired) electrons. The Morgan fingerprint density at radius 2 is 2.05 bits per heavy atom. The first kappa shape index (κ1) is 15.6. The average Bonchev–Trinajstić information content (AvgIpc) is 2.93. The fraction of sp³-hybridized carbons (Fsp3) is 0.200.